The van der Waals surface area contributed by atoms with Crippen molar-refractivity contribution in [3.63, 3.8) is 0 Å². The normalized spacial score (nSPS) is 21.1. The van der Waals surface area contributed by atoms with Crippen molar-refractivity contribution in [2.24, 2.45) is 5.92 Å². The number of nitrogens with one attached hydrogen (secondary N) is 1. The fourth-order valence-electron chi connectivity index (χ4n) is 2.05. The summed E-state index contributed by atoms with van der Waals surface area (Å²) < 4.78 is 5.11. The highest BCUT2D eigenvalue weighted by molar-refractivity contribution is 5.77. The predicted molar refractivity (Wildman–Crippen MR) is 74.7 cm³/mol. The summed E-state index contributed by atoms with van der Waals surface area (Å²) in [5.41, 5.74) is 0. The minimum atomic E-state index is -1.03. The number of carbonyl (C=O) groups excluding carboxylic acids is 1. The number of carboxylic acid groups (broad SMARTS) is 1. The molecule has 7 nitrogen and oxygen atoms in total. The van der Waals surface area contributed by atoms with Crippen LogP contribution >= 0.6 is 0 Å². The Morgan fingerprint density at radius 1 is 1.45 bits per heavy atom. The molecule has 0 aliphatic carbocycles. The highest BCUT2D eigenvalue weighted by Gasteiger charge is 2.30. The van der Waals surface area contributed by atoms with Gasteiger partial charge in [0.05, 0.1) is 13.2 Å². The maximum Gasteiger partial charge on any atom is 0.334 e. The van der Waals surface area contributed by atoms with E-state index in [9.17, 15) is 9.59 Å². The van der Waals surface area contributed by atoms with Gasteiger partial charge in [-0.2, -0.15) is 0 Å². The maximum absolute atomic E-state index is 12.2. The first kappa shape index (κ1) is 16.7. The van der Waals surface area contributed by atoms with Crippen molar-refractivity contribution < 1.29 is 19.4 Å². The highest BCUT2D eigenvalue weighted by Crippen LogP contribution is 2.08. The van der Waals surface area contributed by atoms with Gasteiger partial charge in [0.25, 0.3) is 0 Å². The van der Waals surface area contributed by atoms with Gasteiger partial charge in [0.15, 0.2) is 6.10 Å². The third-order valence-corrected chi connectivity index (χ3v) is 3.30. The monoisotopic (exact) mass is 287 g/mol. The number of nitrogens with zero attached hydrogens (tertiary/aromatic N) is 2. The zero-order valence-corrected chi connectivity index (χ0v) is 12.6. The van der Waals surface area contributed by atoms with E-state index in [2.05, 4.69) is 5.32 Å². The second-order valence-electron chi connectivity index (χ2n) is 5.71. The number of carbonyl (C=O) groups is 2. The molecule has 1 fully saturated rings. The number of hydrogen-bond donors (Lipinski definition) is 2. The molecule has 2 unspecified atom stereocenters. The van der Waals surface area contributed by atoms with Crippen molar-refractivity contribution in [3.05, 3.63) is 0 Å². The maximum atomic E-state index is 12.2. The molecule has 116 valence electrons. The molecule has 7 heteroatoms. The van der Waals surface area contributed by atoms with Crippen molar-refractivity contribution in [3.8, 4) is 0 Å². The molecule has 0 saturated carbocycles. The second kappa shape index (κ2) is 7.44. The molecule has 0 aromatic heterocycles. The molecule has 1 saturated heterocycles. The molecule has 1 aliphatic heterocycles. The largest absolute Gasteiger partial charge is 0.479 e. The molecule has 2 amide bonds. The van der Waals surface area contributed by atoms with Crippen LogP contribution in [-0.2, 0) is 9.53 Å². The summed E-state index contributed by atoms with van der Waals surface area (Å²) in [5.74, 6) is -0.728. The van der Waals surface area contributed by atoms with E-state index in [0.29, 0.717) is 12.5 Å². The van der Waals surface area contributed by atoms with Crippen LogP contribution in [0, 0.1) is 5.92 Å². The van der Waals surface area contributed by atoms with Crippen LogP contribution in [0.3, 0.4) is 0 Å². The molecule has 1 aliphatic rings. The molecular formula is C13H25N3O4. The topological polar surface area (TPSA) is 82.1 Å². The molecule has 0 spiro atoms. The lowest BCUT2D eigenvalue weighted by molar-refractivity contribution is -0.154. The van der Waals surface area contributed by atoms with Gasteiger partial charge < -0.3 is 25.0 Å². The van der Waals surface area contributed by atoms with Gasteiger partial charge in [0.1, 0.15) is 0 Å². The van der Waals surface area contributed by atoms with E-state index in [1.165, 1.54) is 4.90 Å². The van der Waals surface area contributed by atoms with E-state index in [1.807, 2.05) is 32.8 Å². The number of amides is 2. The van der Waals surface area contributed by atoms with Gasteiger partial charge in [-0.05, 0) is 20.0 Å². The van der Waals surface area contributed by atoms with Gasteiger partial charge in [0.2, 0.25) is 0 Å². The average molecular weight is 287 g/mol. The third-order valence-electron chi connectivity index (χ3n) is 3.30. The Bertz CT molecular complexity index is 347. The van der Waals surface area contributed by atoms with Crippen LogP contribution in [0.4, 0.5) is 4.79 Å². The predicted octanol–water partition coefficient (Wildman–Crippen LogP) is 0.0676. The van der Waals surface area contributed by atoms with E-state index in [4.69, 9.17) is 9.84 Å². The zero-order chi connectivity index (χ0) is 15.3. The molecule has 0 aromatic rings. The Morgan fingerprint density at radius 2 is 2.10 bits per heavy atom. The lowest BCUT2D eigenvalue weighted by atomic mass is 10.0. The summed E-state index contributed by atoms with van der Waals surface area (Å²) in [7, 11) is 3.91. The molecular weight excluding hydrogens is 262 g/mol. The van der Waals surface area contributed by atoms with Crippen LogP contribution in [-0.4, -0.2) is 79.4 Å². The van der Waals surface area contributed by atoms with Crippen molar-refractivity contribution in [2.75, 3.05) is 40.3 Å². The summed E-state index contributed by atoms with van der Waals surface area (Å²) in [4.78, 5) is 26.6. The number of ether oxygens (including phenoxy) is 1. The Morgan fingerprint density at radius 3 is 2.60 bits per heavy atom. The van der Waals surface area contributed by atoms with Gasteiger partial charge >= 0.3 is 12.0 Å². The first-order valence-electron chi connectivity index (χ1n) is 6.85. The zero-order valence-electron chi connectivity index (χ0n) is 12.6. The van der Waals surface area contributed by atoms with Crippen molar-refractivity contribution in [1.29, 1.82) is 0 Å². The third kappa shape index (κ3) is 4.97. The SMILES string of the molecule is CC(C)C(CN(C)C)NC(=O)N1CCOC(C(=O)O)C1. The van der Waals surface area contributed by atoms with Crippen molar-refractivity contribution >= 4 is 12.0 Å². The first-order valence-corrected chi connectivity index (χ1v) is 6.85. The Hall–Kier alpha value is -1.34. The minimum absolute atomic E-state index is 0.0311. The standard InChI is InChI=1S/C13H25N3O4/c1-9(2)10(7-15(3)4)14-13(19)16-5-6-20-11(8-16)12(17)18/h9-11H,5-8H2,1-4H3,(H,14,19)(H,17,18). The summed E-state index contributed by atoms with van der Waals surface area (Å²) in [6, 6.07) is -0.191. The van der Waals surface area contributed by atoms with E-state index < -0.39 is 12.1 Å². The molecule has 0 bridgehead atoms. The van der Waals surface area contributed by atoms with Crippen molar-refractivity contribution in [1.82, 2.24) is 15.1 Å². The average Bonchev–Trinajstić information content (AvgIpc) is 2.37. The van der Waals surface area contributed by atoms with E-state index in [0.717, 1.165) is 6.54 Å². The Labute approximate surface area is 119 Å². The quantitative estimate of drug-likeness (QED) is 0.747. The number of carboxylic acids is 1. The second-order valence-corrected chi connectivity index (χ2v) is 5.71. The Balaban J connectivity index is 2.57. The number of hydrogen-bond acceptors (Lipinski definition) is 4. The first-order chi connectivity index (χ1) is 9.31. The Kier molecular flexibility index (Phi) is 6.22. The number of urea groups is 1. The number of morpholine rings is 1. The molecule has 0 aromatic carbocycles. The number of likely N-dealkylation sites (N-methyl/N-ethyl adjacent to an activating group) is 1. The van der Waals surface area contributed by atoms with E-state index >= 15 is 0 Å². The summed E-state index contributed by atoms with van der Waals surface area (Å²) in [6.07, 6.45) is -0.930. The molecule has 2 atom stereocenters. The van der Waals surface area contributed by atoms with Gasteiger partial charge in [-0.25, -0.2) is 9.59 Å². The van der Waals surface area contributed by atoms with E-state index in [1.54, 1.807) is 0 Å². The van der Waals surface area contributed by atoms with Crippen LogP contribution in [0.25, 0.3) is 0 Å². The van der Waals surface area contributed by atoms with Crippen LogP contribution in [0.1, 0.15) is 13.8 Å². The molecule has 1 heterocycles. The van der Waals surface area contributed by atoms with Crippen LogP contribution in [0.5, 0.6) is 0 Å². The summed E-state index contributed by atoms with van der Waals surface area (Å²) in [6.45, 7) is 5.61. The minimum Gasteiger partial charge on any atom is -0.479 e. The lowest BCUT2D eigenvalue weighted by Crippen LogP contribution is -2.55. The smallest absolute Gasteiger partial charge is 0.334 e. The molecule has 2 N–H and O–H groups in total. The van der Waals surface area contributed by atoms with Gasteiger partial charge in [-0.15, -0.1) is 0 Å². The molecule has 1 rings (SSSR count). The summed E-state index contributed by atoms with van der Waals surface area (Å²) in [5, 5.41) is 11.9. The fourth-order valence-corrected chi connectivity index (χ4v) is 2.05. The van der Waals surface area contributed by atoms with Crippen LogP contribution < -0.4 is 5.32 Å². The number of rotatable bonds is 5. The van der Waals surface area contributed by atoms with Gasteiger partial charge in [-0.3, -0.25) is 0 Å². The summed E-state index contributed by atoms with van der Waals surface area (Å²) >= 11 is 0. The highest BCUT2D eigenvalue weighted by atomic mass is 16.5. The van der Waals surface area contributed by atoms with Crippen LogP contribution in [0.2, 0.25) is 0 Å². The van der Waals surface area contributed by atoms with Gasteiger partial charge in [-0.1, -0.05) is 13.8 Å². The van der Waals surface area contributed by atoms with Crippen LogP contribution in [0.15, 0.2) is 0 Å². The molecule has 20 heavy (non-hydrogen) atoms. The van der Waals surface area contributed by atoms with E-state index in [-0.39, 0.29) is 25.2 Å². The lowest BCUT2D eigenvalue weighted by Gasteiger charge is -2.33. The number of aliphatic carboxylic acids is 1. The fraction of sp³-hybridized carbons (Fsp3) is 0.846. The van der Waals surface area contributed by atoms with Crippen molar-refractivity contribution in [2.45, 2.75) is 26.0 Å². The van der Waals surface area contributed by atoms with Gasteiger partial charge in [0, 0.05) is 19.1 Å². The molecule has 0 radical (unpaired) electrons.